The van der Waals surface area contributed by atoms with Gasteiger partial charge in [0.15, 0.2) is 0 Å². The lowest BCUT2D eigenvalue weighted by Crippen LogP contribution is -2.42. The van der Waals surface area contributed by atoms with Gasteiger partial charge in [0.25, 0.3) is 0 Å². The fourth-order valence-electron chi connectivity index (χ4n) is 4.46. The van der Waals surface area contributed by atoms with Crippen LogP contribution < -0.4 is 10.1 Å². The van der Waals surface area contributed by atoms with Crippen LogP contribution >= 0.6 is 0 Å². The molecule has 1 aliphatic rings. The zero-order chi connectivity index (χ0) is 22.2. The summed E-state index contributed by atoms with van der Waals surface area (Å²) in [5.41, 5.74) is 4.22. The lowest BCUT2D eigenvalue weighted by atomic mass is 10.0. The van der Waals surface area contributed by atoms with Crippen molar-refractivity contribution in [2.75, 3.05) is 33.4 Å². The molecule has 1 fully saturated rings. The number of likely N-dealkylation sites (tertiary alicyclic amines) is 1. The second kappa shape index (κ2) is 11.3. The molecule has 1 saturated heterocycles. The number of methoxy groups -OCH3 is 1. The zero-order valence-corrected chi connectivity index (χ0v) is 18.9. The lowest BCUT2D eigenvalue weighted by Gasteiger charge is -2.34. The molecule has 0 saturated carbocycles. The van der Waals surface area contributed by atoms with Gasteiger partial charge < -0.3 is 15.2 Å². The van der Waals surface area contributed by atoms with Gasteiger partial charge in [-0.3, -0.25) is 4.90 Å². The first-order chi connectivity index (χ1) is 15.8. The molecular formula is C26H34N4O2. The van der Waals surface area contributed by atoms with Crippen LogP contribution in [-0.2, 0) is 6.54 Å². The van der Waals surface area contributed by atoms with Gasteiger partial charge in [-0.1, -0.05) is 36.8 Å². The van der Waals surface area contributed by atoms with Gasteiger partial charge >= 0.3 is 0 Å². The largest absolute Gasteiger partial charge is 0.497 e. The quantitative estimate of drug-likeness (QED) is 0.474. The smallest absolute Gasteiger partial charge is 0.119 e. The number of rotatable bonds is 10. The van der Waals surface area contributed by atoms with Crippen molar-refractivity contribution in [1.82, 2.24) is 20.0 Å². The van der Waals surface area contributed by atoms with Crippen LogP contribution in [0.15, 0.2) is 60.8 Å². The van der Waals surface area contributed by atoms with E-state index in [1.54, 1.807) is 7.11 Å². The minimum Gasteiger partial charge on any atom is -0.497 e. The molecule has 1 atom stereocenters. The van der Waals surface area contributed by atoms with Crippen LogP contribution in [0.25, 0.3) is 16.9 Å². The van der Waals surface area contributed by atoms with E-state index in [-0.39, 0.29) is 6.61 Å². The average molecular weight is 435 g/mol. The molecule has 1 unspecified atom stereocenters. The number of benzene rings is 2. The molecule has 4 rings (SSSR count). The first-order valence-electron chi connectivity index (χ1n) is 11.6. The molecule has 2 heterocycles. The standard InChI is InChI=1S/C26H34N4O2/c1-32-25-13-7-9-21(17-25)26-22(19-30(28-26)23-10-3-2-4-11-23)18-27-14-8-16-29-15-6-5-12-24(29)20-31/h2-4,7,9-11,13,17,19,24,27,31H,5-6,8,12,14-16,18,20H2,1H3. The molecule has 0 amide bonds. The van der Waals surface area contributed by atoms with Crippen molar-refractivity contribution in [2.24, 2.45) is 0 Å². The van der Waals surface area contributed by atoms with E-state index in [1.165, 1.54) is 12.8 Å². The number of hydrogen-bond acceptors (Lipinski definition) is 5. The normalized spacial score (nSPS) is 16.9. The fraction of sp³-hybridized carbons (Fsp3) is 0.423. The van der Waals surface area contributed by atoms with Crippen molar-refractivity contribution in [3.05, 3.63) is 66.4 Å². The Hall–Kier alpha value is -2.67. The number of para-hydroxylation sites is 1. The van der Waals surface area contributed by atoms with Crippen LogP contribution in [0.2, 0.25) is 0 Å². The predicted molar refractivity (Wildman–Crippen MR) is 128 cm³/mol. The minimum absolute atomic E-state index is 0.274. The van der Waals surface area contributed by atoms with Crippen molar-refractivity contribution < 1.29 is 9.84 Å². The Morgan fingerprint density at radius 3 is 2.81 bits per heavy atom. The summed E-state index contributed by atoms with van der Waals surface area (Å²) < 4.78 is 7.37. The summed E-state index contributed by atoms with van der Waals surface area (Å²) in [6.07, 6.45) is 6.78. The highest BCUT2D eigenvalue weighted by atomic mass is 16.5. The molecule has 2 aromatic carbocycles. The maximum absolute atomic E-state index is 9.61. The van der Waals surface area contributed by atoms with E-state index in [4.69, 9.17) is 9.84 Å². The maximum Gasteiger partial charge on any atom is 0.119 e. The summed E-state index contributed by atoms with van der Waals surface area (Å²) in [6, 6.07) is 18.6. The third-order valence-corrected chi connectivity index (χ3v) is 6.23. The summed E-state index contributed by atoms with van der Waals surface area (Å²) in [4.78, 5) is 2.44. The molecular weight excluding hydrogens is 400 g/mol. The summed E-state index contributed by atoms with van der Waals surface area (Å²) in [6.45, 7) is 4.10. The van der Waals surface area contributed by atoms with Crippen LogP contribution in [0, 0.1) is 0 Å². The third-order valence-electron chi connectivity index (χ3n) is 6.23. The molecule has 0 spiro atoms. The SMILES string of the molecule is COc1cccc(-c2nn(-c3ccccc3)cc2CNCCCN2CCCCC2CO)c1. The second-order valence-corrected chi connectivity index (χ2v) is 8.41. The van der Waals surface area contributed by atoms with Crippen LogP contribution in [0.1, 0.15) is 31.2 Å². The Morgan fingerprint density at radius 2 is 2.00 bits per heavy atom. The summed E-state index contributed by atoms with van der Waals surface area (Å²) in [7, 11) is 1.69. The van der Waals surface area contributed by atoms with Gasteiger partial charge in [0, 0.05) is 29.9 Å². The Balaban J connectivity index is 1.43. The van der Waals surface area contributed by atoms with Crippen molar-refractivity contribution in [2.45, 2.75) is 38.3 Å². The van der Waals surface area contributed by atoms with Crippen LogP contribution in [0.5, 0.6) is 5.75 Å². The number of piperidine rings is 1. The van der Waals surface area contributed by atoms with Crippen LogP contribution in [-0.4, -0.2) is 59.2 Å². The number of nitrogens with zero attached hydrogens (tertiary/aromatic N) is 3. The zero-order valence-electron chi connectivity index (χ0n) is 18.9. The highest BCUT2D eigenvalue weighted by molar-refractivity contribution is 5.65. The molecule has 6 heteroatoms. The van der Waals surface area contributed by atoms with Gasteiger partial charge in [0.2, 0.25) is 0 Å². The Labute approximate surface area is 190 Å². The van der Waals surface area contributed by atoms with Gasteiger partial charge in [-0.2, -0.15) is 5.10 Å². The number of hydrogen-bond donors (Lipinski definition) is 2. The average Bonchev–Trinajstić information content (AvgIpc) is 3.29. The van der Waals surface area contributed by atoms with Crippen molar-refractivity contribution in [3.8, 4) is 22.7 Å². The Kier molecular flexibility index (Phi) is 7.93. The minimum atomic E-state index is 0.274. The van der Waals surface area contributed by atoms with E-state index >= 15 is 0 Å². The molecule has 6 nitrogen and oxygen atoms in total. The van der Waals surface area contributed by atoms with Gasteiger partial charge in [-0.05, 0) is 63.2 Å². The molecule has 0 bridgehead atoms. The van der Waals surface area contributed by atoms with E-state index in [9.17, 15) is 5.11 Å². The van der Waals surface area contributed by atoms with E-state index in [2.05, 4.69) is 34.6 Å². The number of aromatic nitrogens is 2. The molecule has 32 heavy (non-hydrogen) atoms. The second-order valence-electron chi connectivity index (χ2n) is 8.41. The molecule has 1 aliphatic heterocycles. The lowest BCUT2D eigenvalue weighted by molar-refractivity contribution is 0.0893. The first kappa shape index (κ1) is 22.5. The Morgan fingerprint density at radius 1 is 1.12 bits per heavy atom. The van der Waals surface area contributed by atoms with Gasteiger partial charge in [0.1, 0.15) is 5.75 Å². The topological polar surface area (TPSA) is 62.5 Å². The van der Waals surface area contributed by atoms with E-state index in [0.717, 1.165) is 67.3 Å². The van der Waals surface area contributed by atoms with Gasteiger partial charge in [-0.25, -0.2) is 4.68 Å². The molecule has 2 N–H and O–H groups in total. The van der Waals surface area contributed by atoms with Gasteiger partial charge in [-0.15, -0.1) is 0 Å². The molecule has 1 aromatic heterocycles. The highest BCUT2D eigenvalue weighted by Crippen LogP contribution is 2.27. The summed E-state index contributed by atoms with van der Waals surface area (Å²) in [5.74, 6) is 0.829. The predicted octanol–water partition coefficient (Wildman–Crippen LogP) is 3.87. The fourth-order valence-corrected chi connectivity index (χ4v) is 4.46. The number of aliphatic hydroxyl groups excluding tert-OH is 1. The summed E-state index contributed by atoms with van der Waals surface area (Å²) in [5, 5.41) is 18.1. The van der Waals surface area contributed by atoms with Crippen molar-refractivity contribution in [1.29, 1.82) is 0 Å². The number of aliphatic hydroxyl groups is 1. The van der Waals surface area contributed by atoms with Crippen LogP contribution in [0.3, 0.4) is 0 Å². The highest BCUT2D eigenvalue weighted by Gasteiger charge is 2.20. The monoisotopic (exact) mass is 434 g/mol. The molecule has 3 aromatic rings. The van der Waals surface area contributed by atoms with E-state index in [1.807, 2.05) is 41.1 Å². The Bertz CT molecular complexity index is 973. The maximum atomic E-state index is 9.61. The first-order valence-corrected chi connectivity index (χ1v) is 11.6. The van der Waals surface area contributed by atoms with E-state index in [0.29, 0.717) is 6.04 Å². The van der Waals surface area contributed by atoms with Crippen molar-refractivity contribution >= 4 is 0 Å². The van der Waals surface area contributed by atoms with Crippen LogP contribution in [0.4, 0.5) is 0 Å². The molecule has 0 aliphatic carbocycles. The third kappa shape index (κ3) is 5.57. The summed E-state index contributed by atoms with van der Waals surface area (Å²) >= 11 is 0. The molecule has 170 valence electrons. The molecule has 0 radical (unpaired) electrons. The van der Waals surface area contributed by atoms with Gasteiger partial charge in [0.05, 0.1) is 25.1 Å². The number of ether oxygens (including phenoxy) is 1. The van der Waals surface area contributed by atoms with E-state index < -0.39 is 0 Å². The van der Waals surface area contributed by atoms with Crippen molar-refractivity contribution in [3.63, 3.8) is 0 Å². The number of nitrogens with one attached hydrogen (secondary N) is 1.